The van der Waals surface area contributed by atoms with Crippen LogP contribution >= 0.6 is 0 Å². The highest BCUT2D eigenvalue weighted by atomic mass is 16.6. The lowest BCUT2D eigenvalue weighted by atomic mass is 9.97. The monoisotopic (exact) mass is 431 g/mol. The normalized spacial score (nSPS) is 17.5. The van der Waals surface area contributed by atoms with Gasteiger partial charge in [-0.3, -0.25) is 14.4 Å². The summed E-state index contributed by atoms with van der Waals surface area (Å²) in [5.41, 5.74) is 13.0. The topological polar surface area (TPSA) is 116 Å². The summed E-state index contributed by atoms with van der Waals surface area (Å²) in [4.78, 5) is 37.7. The van der Waals surface area contributed by atoms with Gasteiger partial charge in [-0.05, 0) is 58.6 Å². The maximum atomic E-state index is 12.5. The van der Waals surface area contributed by atoms with Crippen molar-refractivity contribution >= 4 is 17.8 Å². The maximum Gasteiger partial charge on any atom is 0.306 e. The summed E-state index contributed by atoms with van der Waals surface area (Å²) >= 11 is 0. The van der Waals surface area contributed by atoms with Gasteiger partial charge in [-0.15, -0.1) is 0 Å². The average molecular weight is 432 g/mol. The predicted octanol–water partition coefficient (Wildman–Crippen LogP) is 3.20. The number of fused-ring (bicyclic) bond motifs is 1. The fourth-order valence-electron chi connectivity index (χ4n) is 3.96. The zero-order chi connectivity index (χ0) is 23.2. The molecule has 3 rings (SSSR count). The van der Waals surface area contributed by atoms with Crippen LogP contribution in [0.3, 0.4) is 0 Å². The first kappa shape index (κ1) is 24.9. The molecule has 1 aromatic carbocycles. The summed E-state index contributed by atoms with van der Waals surface area (Å²) in [6, 6.07) is 5.27. The van der Waals surface area contributed by atoms with Gasteiger partial charge in [-0.2, -0.15) is 0 Å². The molecule has 1 aliphatic heterocycles. The number of nitrogens with two attached hydrogens (primary N) is 2. The van der Waals surface area contributed by atoms with E-state index >= 15 is 0 Å². The molecule has 1 aromatic rings. The number of carbonyl (C=O) groups is 3. The van der Waals surface area contributed by atoms with E-state index in [0.717, 1.165) is 11.1 Å². The molecule has 2 aliphatic rings. The Morgan fingerprint density at radius 2 is 1.84 bits per heavy atom. The van der Waals surface area contributed by atoms with Crippen LogP contribution < -0.4 is 11.5 Å². The molecule has 1 unspecified atom stereocenters. The van der Waals surface area contributed by atoms with Crippen molar-refractivity contribution in [2.45, 2.75) is 96.9 Å². The van der Waals surface area contributed by atoms with Crippen LogP contribution in [0.4, 0.5) is 0 Å². The molecule has 0 radical (unpaired) electrons. The number of amides is 2. The second kappa shape index (κ2) is 10.8. The van der Waals surface area contributed by atoms with E-state index in [0.29, 0.717) is 18.2 Å². The van der Waals surface area contributed by atoms with Crippen molar-refractivity contribution in [3.8, 4) is 0 Å². The Balaban J connectivity index is 0.000000412. The molecule has 1 aliphatic carbocycles. The van der Waals surface area contributed by atoms with E-state index in [1.807, 2.05) is 19.1 Å². The minimum atomic E-state index is -0.822. The number of benzene rings is 1. The van der Waals surface area contributed by atoms with Crippen LogP contribution in [-0.2, 0) is 20.9 Å². The van der Waals surface area contributed by atoms with Crippen LogP contribution in [0.5, 0.6) is 0 Å². The minimum Gasteiger partial charge on any atom is -0.460 e. The van der Waals surface area contributed by atoms with Crippen molar-refractivity contribution < 1.29 is 19.1 Å². The third-order valence-corrected chi connectivity index (χ3v) is 5.49. The van der Waals surface area contributed by atoms with Crippen LogP contribution in [-0.4, -0.2) is 40.4 Å². The van der Waals surface area contributed by atoms with E-state index < -0.39 is 23.5 Å². The summed E-state index contributed by atoms with van der Waals surface area (Å²) in [5, 5.41) is 0. The lowest BCUT2D eigenvalue weighted by Crippen LogP contribution is -2.45. The smallest absolute Gasteiger partial charge is 0.306 e. The zero-order valence-corrected chi connectivity index (χ0v) is 19.3. The van der Waals surface area contributed by atoms with E-state index in [1.165, 1.54) is 37.0 Å². The number of esters is 1. The fraction of sp³-hybridized carbons (Fsp3) is 0.625. The molecule has 0 saturated heterocycles. The second-order valence-corrected chi connectivity index (χ2v) is 9.54. The second-order valence-electron chi connectivity index (χ2n) is 9.54. The van der Waals surface area contributed by atoms with Gasteiger partial charge in [0.2, 0.25) is 5.91 Å². The molecule has 4 N–H and O–H groups in total. The number of ether oxygens (including phenoxy) is 1. The van der Waals surface area contributed by atoms with Crippen molar-refractivity contribution in [1.29, 1.82) is 0 Å². The number of hydrogen-bond acceptors (Lipinski definition) is 5. The summed E-state index contributed by atoms with van der Waals surface area (Å²) in [7, 11) is 0. The number of carbonyl (C=O) groups excluding carboxylic acids is 3. The Labute approximate surface area is 185 Å². The zero-order valence-electron chi connectivity index (χ0n) is 19.3. The molecule has 0 spiro atoms. The number of primary amides is 1. The molecule has 7 heteroatoms. The van der Waals surface area contributed by atoms with Crippen LogP contribution in [0.2, 0.25) is 0 Å². The lowest BCUT2D eigenvalue weighted by molar-refractivity contribution is -0.155. The SMILES string of the molecule is Cc1ccc2c(c1)CN(C(CCC(=O)OC(C)(C)C)C(N)=O)C2=O.NC1CCCCC1. The lowest BCUT2D eigenvalue weighted by Gasteiger charge is -2.25. The molecule has 7 nitrogen and oxygen atoms in total. The van der Waals surface area contributed by atoms with Gasteiger partial charge < -0.3 is 21.1 Å². The van der Waals surface area contributed by atoms with Crippen LogP contribution in [0.15, 0.2) is 18.2 Å². The number of rotatable bonds is 5. The average Bonchev–Trinajstić information content (AvgIpc) is 2.97. The largest absolute Gasteiger partial charge is 0.460 e. The Morgan fingerprint density at radius 1 is 1.19 bits per heavy atom. The molecular formula is C24H37N3O4. The van der Waals surface area contributed by atoms with Gasteiger partial charge in [0.05, 0.1) is 0 Å². The Bertz CT molecular complexity index is 795. The quantitative estimate of drug-likeness (QED) is 0.695. The predicted molar refractivity (Wildman–Crippen MR) is 120 cm³/mol. The van der Waals surface area contributed by atoms with Gasteiger partial charge >= 0.3 is 5.97 Å². The van der Waals surface area contributed by atoms with E-state index in [-0.39, 0.29) is 18.7 Å². The van der Waals surface area contributed by atoms with E-state index in [1.54, 1.807) is 26.8 Å². The van der Waals surface area contributed by atoms with Crippen molar-refractivity contribution in [3.63, 3.8) is 0 Å². The van der Waals surface area contributed by atoms with E-state index in [2.05, 4.69) is 0 Å². The first-order valence-corrected chi connectivity index (χ1v) is 11.1. The van der Waals surface area contributed by atoms with Gasteiger partial charge in [0, 0.05) is 24.6 Å². The van der Waals surface area contributed by atoms with E-state index in [4.69, 9.17) is 16.2 Å². The Morgan fingerprint density at radius 3 is 2.35 bits per heavy atom. The number of hydrogen-bond donors (Lipinski definition) is 2. The minimum absolute atomic E-state index is 0.0318. The summed E-state index contributed by atoms with van der Waals surface area (Å²) < 4.78 is 5.24. The molecular weight excluding hydrogens is 394 g/mol. The first-order chi connectivity index (χ1) is 14.5. The van der Waals surface area contributed by atoms with Gasteiger partial charge in [-0.25, -0.2) is 0 Å². The van der Waals surface area contributed by atoms with Gasteiger partial charge in [-0.1, -0.05) is 37.0 Å². The summed E-state index contributed by atoms with van der Waals surface area (Å²) in [6.45, 7) is 7.61. The summed E-state index contributed by atoms with van der Waals surface area (Å²) in [5.74, 6) is -1.25. The van der Waals surface area contributed by atoms with Crippen LogP contribution in [0, 0.1) is 6.92 Å². The molecule has 1 atom stereocenters. The Hall–Kier alpha value is -2.41. The fourth-order valence-corrected chi connectivity index (χ4v) is 3.96. The first-order valence-electron chi connectivity index (χ1n) is 11.1. The van der Waals surface area contributed by atoms with Crippen molar-refractivity contribution in [1.82, 2.24) is 4.90 Å². The maximum absolute atomic E-state index is 12.5. The van der Waals surface area contributed by atoms with Crippen molar-refractivity contribution in [2.24, 2.45) is 11.5 Å². The van der Waals surface area contributed by atoms with Gasteiger partial charge in [0.1, 0.15) is 11.6 Å². The molecule has 0 aromatic heterocycles. The van der Waals surface area contributed by atoms with Crippen molar-refractivity contribution in [2.75, 3.05) is 0 Å². The van der Waals surface area contributed by atoms with Crippen LogP contribution in [0.25, 0.3) is 0 Å². The summed E-state index contributed by atoms with van der Waals surface area (Å²) in [6.07, 6.45) is 6.85. The molecule has 1 heterocycles. The highest BCUT2D eigenvalue weighted by Crippen LogP contribution is 2.27. The highest BCUT2D eigenvalue weighted by molar-refractivity contribution is 6.01. The Kier molecular flexibility index (Phi) is 8.62. The third kappa shape index (κ3) is 7.65. The van der Waals surface area contributed by atoms with Gasteiger partial charge in [0.15, 0.2) is 0 Å². The molecule has 1 fully saturated rings. The standard InChI is InChI=1S/C18H24N2O4.C6H13N/c1-11-5-6-13-12(9-11)10-20(17(13)23)14(16(19)22)7-8-15(21)24-18(2,3)4;7-6-4-2-1-3-5-6/h5-6,9,14H,7-8,10H2,1-4H3,(H2,19,22);6H,1-5,7H2. The van der Waals surface area contributed by atoms with E-state index in [9.17, 15) is 14.4 Å². The third-order valence-electron chi connectivity index (χ3n) is 5.49. The molecule has 2 amide bonds. The van der Waals surface area contributed by atoms with Gasteiger partial charge in [0.25, 0.3) is 5.91 Å². The molecule has 172 valence electrons. The van der Waals surface area contributed by atoms with Crippen LogP contribution in [0.1, 0.15) is 87.2 Å². The molecule has 31 heavy (non-hydrogen) atoms. The molecule has 1 saturated carbocycles. The molecule has 0 bridgehead atoms. The number of nitrogens with zero attached hydrogens (tertiary/aromatic N) is 1. The highest BCUT2D eigenvalue weighted by Gasteiger charge is 2.35. The van der Waals surface area contributed by atoms with Crippen molar-refractivity contribution in [3.05, 3.63) is 34.9 Å². The number of aryl methyl sites for hydroxylation is 1.